The van der Waals surface area contributed by atoms with Gasteiger partial charge in [0.2, 0.25) is 11.6 Å². The SMILES string of the molecule is N#Cc1nn(-c2cc(Cl)c(Oc3ccc(=O)n(Cc4cccnc4)n3)c(Cl)c2)c(=O)[nH]c1=O. The molecule has 33 heavy (non-hydrogen) atoms. The zero-order chi connectivity index (χ0) is 23.5. The Morgan fingerprint density at radius 3 is 2.52 bits per heavy atom. The van der Waals surface area contributed by atoms with E-state index in [1.54, 1.807) is 30.6 Å². The first-order valence-corrected chi connectivity index (χ1v) is 9.89. The molecule has 3 heterocycles. The van der Waals surface area contributed by atoms with Crippen LogP contribution in [0.3, 0.4) is 0 Å². The van der Waals surface area contributed by atoms with Gasteiger partial charge in [-0.05, 0) is 23.8 Å². The van der Waals surface area contributed by atoms with Gasteiger partial charge in [-0.2, -0.15) is 9.94 Å². The number of nitriles is 1. The van der Waals surface area contributed by atoms with Gasteiger partial charge in [-0.15, -0.1) is 10.2 Å². The number of hydrogen-bond acceptors (Lipinski definition) is 8. The predicted molar refractivity (Wildman–Crippen MR) is 117 cm³/mol. The Morgan fingerprint density at radius 1 is 1.09 bits per heavy atom. The minimum absolute atomic E-state index is 0.0114. The van der Waals surface area contributed by atoms with Gasteiger partial charge in [0.05, 0.1) is 22.3 Å². The van der Waals surface area contributed by atoms with Gasteiger partial charge in [-0.3, -0.25) is 19.6 Å². The Hall–Kier alpha value is -4.27. The lowest BCUT2D eigenvalue weighted by molar-refractivity contribution is 0.435. The summed E-state index contributed by atoms with van der Waals surface area (Å²) >= 11 is 12.6. The second-order valence-electron chi connectivity index (χ2n) is 6.50. The van der Waals surface area contributed by atoms with Crippen molar-refractivity contribution < 1.29 is 4.74 Å². The van der Waals surface area contributed by atoms with Crippen LogP contribution in [0.25, 0.3) is 5.69 Å². The van der Waals surface area contributed by atoms with E-state index in [-0.39, 0.29) is 39.5 Å². The number of halogens is 2. The van der Waals surface area contributed by atoms with Gasteiger partial charge in [0.1, 0.15) is 6.07 Å². The van der Waals surface area contributed by atoms with Crippen molar-refractivity contribution in [2.45, 2.75) is 6.54 Å². The van der Waals surface area contributed by atoms with Crippen LogP contribution in [-0.2, 0) is 6.54 Å². The molecule has 0 aliphatic rings. The summed E-state index contributed by atoms with van der Waals surface area (Å²) in [5.74, 6) is 0.0558. The Morgan fingerprint density at radius 2 is 1.85 bits per heavy atom. The van der Waals surface area contributed by atoms with Crippen LogP contribution in [0.1, 0.15) is 11.3 Å². The Labute approximate surface area is 194 Å². The van der Waals surface area contributed by atoms with Gasteiger partial charge in [-0.25, -0.2) is 9.48 Å². The molecule has 1 N–H and O–H groups in total. The van der Waals surface area contributed by atoms with E-state index < -0.39 is 16.9 Å². The number of pyridine rings is 1. The molecule has 4 rings (SSSR count). The average molecular weight is 484 g/mol. The summed E-state index contributed by atoms with van der Waals surface area (Å²) in [7, 11) is 0. The summed E-state index contributed by atoms with van der Waals surface area (Å²) in [4.78, 5) is 41.8. The molecule has 13 heteroatoms. The molecule has 0 radical (unpaired) electrons. The van der Waals surface area contributed by atoms with Crippen molar-refractivity contribution in [3.8, 4) is 23.4 Å². The number of aromatic nitrogens is 6. The number of hydrogen-bond donors (Lipinski definition) is 1. The van der Waals surface area contributed by atoms with Gasteiger partial charge < -0.3 is 4.74 Å². The molecule has 0 aliphatic heterocycles. The number of nitrogens with one attached hydrogen (secondary N) is 1. The predicted octanol–water partition coefficient (Wildman–Crippen LogP) is 1.89. The van der Waals surface area contributed by atoms with E-state index in [4.69, 9.17) is 33.2 Å². The number of aromatic amines is 1. The number of rotatable bonds is 5. The summed E-state index contributed by atoms with van der Waals surface area (Å²) in [6.07, 6.45) is 3.23. The monoisotopic (exact) mass is 483 g/mol. The van der Waals surface area contributed by atoms with Crippen LogP contribution in [0.4, 0.5) is 0 Å². The minimum atomic E-state index is -0.914. The second kappa shape index (κ2) is 9.07. The number of ether oxygens (including phenoxy) is 1. The van der Waals surface area contributed by atoms with Gasteiger partial charge in [0, 0.05) is 24.5 Å². The van der Waals surface area contributed by atoms with Crippen LogP contribution < -0.4 is 21.5 Å². The molecule has 0 unspecified atom stereocenters. The quantitative estimate of drug-likeness (QED) is 0.452. The summed E-state index contributed by atoms with van der Waals surface area (Å²) in [6, 6.07) is 10.4. The lowest BCUT2D eigenvalue weighted by Crippen LogP contribution is -2.33. The van der Waals surface area contributed by atoms with E-state index in [1.807, 2.05) is 4.98 Å². The third-order valence-corrected chi connectivity index (χ3v) is 4.83. The minimum Gasteiger partial charge on any atom is -0.434 e. The molecule has 11 nitrogen and oxygen atoms in total. The molecule has 0 aliphatic carbocycles. The van der Waals surface area contributed by atoms with E-state index in [1.165, 1.54) is 28.9 Å². The third-order valence-electron chi connectivity index (χ3n) is 4.27. The van der Waals surface area contributed by atoms with Crippen LogP contribution in [0, 0.1) is 11.3 Å². The summed E-state index contributed by atoms with van der Waals surface area (Å²) < 4.78 is 7.65. The van der Waals surface area contributed by atoms with Crippen molar-refractivity contribution in [1.29, 1.82) is 5.26 Å². The van der Waals surface area contributed by atoms with Crippen molar-refractivity contribution in [3.05, 3.63) is 101 Å². The van der Waals surface area contributed by atoms with Crippen LogP contribution in [0.5, 0.6) is 11.6 Å². The smallest absolute Gasteiger partial charge is 0.349 e. The maximum absolute atomic E-state index is 12.2. The fourth-order valence-corrected chi connectivity index (χ4v) is 3.33. The van der Waals surface area contributed by atoms with E-state index in [0.29, 0.717) is 0 Å². The van der Waals surface area contributed by atoms with Crippen molar-refractivity contribution in [2.24, 2.45) is 0 Å². The van der Waals surface area contributed by atoms with Gasteiger partial charge in [0.15, 0.2) is 5.75 Å². The standard InChI is InChI=1S/C20H11Cl2N7O4/c21-13-6-12(29-20(32)25-19(31)15(8-23)26-29)7-14(22)18(13)33-16-3-4-17(30)28(27-16)10-11-2-1-5-24-9-11/h1-7,9H,10H2,(H,25,31,32). The van der Waals surface area contributed by atoms with E-state index in [9.17, 15) is 14.4 Å². The molecule has 164 valence electrons. The summed E-state index contributed by atoms with van der Waals surface area (Å²) in [5, 5.41) is 16.8. The molecule has 0 saturated carbocycles. The number of H-pyrrole nitrogens is 1. The molecule has 0 saturated heterocycles. The lowest BCUT2D eigenvalue weighted by Gasteiger charge is -2.12. The van der Waals surface area contributed by atoms with Gasteiger partial charge >= 0.3 is 5.69 Å². The molecule has 0 bridgehead atoms. The second-order valence-corrected chi connectivity index (χ2v) is 7.32. The molecule has 0 atom stereocenters. The fourth-order valence-electron chi connectivity index (χ4n) is 2.78. The van der Waals surface area contributed by atoms with E-state index in [0.717, 1.165) is 10.2 Å². The van der Waals surface area contributed by atoms with Crippen LogP contribution >= 0.6 is 23.2 Å². The molecular formula is C20H11Cl2N7O4. The summed E-state index contributed by atoms with van der Waals surface area (Å²) in [6.45, 7) is 0.173. The summed E-state index contributed by atoms with van der Waals surface area (Å²) in [5.41, 5.74) is -1.81. The maximum atomic E-state index is 12.2. The van der Waals surface area contributed by atoms with Gasteiger partial charge in [-0.1, -0.05) is 29.3 Å². The molecule has 3 aromatic heterocycles. The Balaban J connectivity index is 1.68. The number of nitrogens with zero attached hydrogens (tertiary/aromatic N) is 6. The molecule has 1 aromatic carbocycles. The largest absolute Gasteiger partial charge is 0.434 e. The normalized spacial score (nSPS) is 10.6. The highest BCUT2D eigenvalue weighted by molar-refractivity contribution is 6.37. The molecule has 4 aromatic rings. The van der Waals surface area contributed by atoms with Gasteiger partial charge in [0.25, 0.3) is 11.1 Å². The third kappa shape index (κ3) is 4.67. The topological polar surface area (TPSA) is 149 Å². The van der Waals surface area contributed by atoms with E-state index in [2.05, 4.69) is 15.2 Å². The van der Waals surface area contributed by atoms with Crippen molar-refractivity contribution >= 4 is 23.2 Å². The Kier molecular flexibility index (Phi) is 6.03. The molecule has 0 amide bonds. The Bertz CT molecular complexity index is 1550. The van der Waals surface area contributed by atoms with Crippen LogP contribution in [-0.4, -0.2) is 29.5 Å². The van der Waals surface area contributed by atoms with Crippen molar-refractivity contribution in [1.82, 2.24) is 29.5 Å². The maximum Gasteiger partial charge on any atom is 0.349 e. The zero-order valence-corrected chi connectivity index (χ0v) is 17.9. The first kappa shape index (κ1) is 21.9. The van der Waals surface area contributed by atoms with Crippen molar-refractivity contribution in [3.63, 3.8) is 0 Å². The van der Waals surface area contributed by atoms with Crippen LogP contribution in [0.2, 0.25) is 10.0 Å². The average Bonchev–Trinajstić information content (AvgIpc) is 2.79. The van der Waals surface area contributed by atoms with Crippen LogP contribution in [0.15, 0.2) is 63.2 Å². The lowest BCUT2D eigenvalue weighted by atomic mass is 10.3. The zero-order valence-electron chi connectivity index (χ0n) is 16.4. The first-order chi connectivity index (χ1) is 15.9. The molecular weight excluding hydrogens is 473 g/mol. The highest BCUT2D eigenvalue weighted by Crippen LogP contribution is 2.37. The fraction of sp³-hybridized carbons (Fsp3) is 0.0500. The molecule has 0 fully saturated rings. The highest BCUT2D eigenvalue weighted by Gasteiger charge is 2.16. The van der Waals surface area contributed by atoms with E-state index >= 15 is 0 Å². The highest BCUT2D eigenvalue weighted by atomic mass is 35.5. The number of benzene rings is 1. The van der Waals surface area contributed by atoms with Crippen molar-refractivity contribution in [2.75, 3.05) is 0 Å². The first-order valence-electron chi connectivity index (χ1n) is 9.14. The molecule has 0 spiro atoms.